The zero-order valence-corrected chi connectivity index (χ0v) is 26.0. The van der Waals surface area contributed by atoms with Crippen LogP contribution in [-0.4, -0.2) is 62.1 Å². The summed E-state index contributed by atoms with van der Waals surface area (Å²) in [5.41, 5.74) is 11.9. The minimum atomic E-state index is -0.319. The van der Waals surface area contributed by atoms with E-state index in [0.29, 0.717) is 35.7 Å². The number of ether oxygens (including phenoxy) is 2. The number of fused-ring (bicyclic) bond motifs is 1. The molecular formula is C35H46N4O3. The predicted molar refractivity (Wildman–Crippen MR) is 170 cm³/mol. The highest BCUT2D eigenvalue weighted by Gasteiger charge is 2.36. The molecule has 3 unspecified atom stereocenters. The van der Waals surface area contributed by atoms with Gasteiger partial charge in [-0.2, -0.15) is 0 Å². The van der Waals surface area contributed by atoms with Crippen molar-refractivity contribution >= 4 is 17.3 Å². The Hall–Kier alpha value is -3.55. The molecule has 0 aromatic heterocycles. The van der Waals surface area contributed by atoms with Crippen molar-refractivity contribution in [2.75, 3.05) is 44.9 Å². The lowest BCUT2D eigenvalue weighted by molar-refractivity contribution is -0.118. The van der Waals surface area contributed by atoms with Gasteiger partial charge in [0.2, 0.25) is 5.91 Å². The van der Waals surface area contributed by atoms with Crippen molar-refractivity contribution in [3.05, 3.63) is 82.9 Å². The molecule has 3 aromatic carbocycles. The van der Waals surface area contributed by atoms with Gasteiger partial charge in [0.1, 0.15) is 0 Å². The maximum atomic E-state index is 13.9. The monoisotopic (exact) mass is 570 g/mol. The molecule has 2 aliphatic rings. The van der Waals surface area contributed by atoms with Gasteiger partial charge in [0.05, 0.1) is 25.7 Å². The van der Waals surface area contributed by atoms with Gasteiger partial charge in [0, 0.05) is 36.5 Å². The number of benzene rings is 3. The van der Waals surface area contributed by atoms with Crippen molar-refractivity contribution in [2.24, 2.45) is 0 Å². The Kier molecular flexibility index (Phi) is 9.09. The summed E-state index contributed by atoms with van der Waals surface area (Å²) in [5, 5.41) is 0. The summed E-state index contributed by atoms with van der Waals surface area (Å²) >= 11 is 0. The van der Waals surface area contributed by atoms with Gasteiger partial charge in [0.25, 0.3) is 0 Å². The summed E-state index contributed by atoms with van der Waals surface area (Å²) in [5.74, 6) is 1.40. The van der Waals surface area contributed by atoms with Gasteiger partial charge in [0.15, 0.2) is 11.5 Å². The lowest BCUT2D eigenvalue weighted by Gasteiger charge is -2.39. The highest BCUT2D eigenvalue weighted by atomic mass is 16.5. The second-order valence-corrected chi connectivity index (χ2v) is 12.0. The minimum Gasteiger partial charge on any atom is -0.493 e. The molecule has 0 bridgehead atoms. The number of nitrogen functional groups attached to an aromatic ring is 1. The molecule has 2 heterocycles. The average Bonchev–Trinajstić information content (AvgIpc) is 3.00. The van der Waals surface area contributed by atoms with E-state index in [-0.39, 0.29) is 18.1 Å². The molecule has 0 spiro atoms. The van der Waals surface area contributed by atoms with E-state index in [1.54, 1.807) is 7.11 Å². The summed E-state index contributed by atoms with van der Waals surface area (Å²) in [4.78, 5) is 20.7. The number of piperidine rings is 1. The van der Waals surface area contributed by atoms with Crippen LogP contribution in [0.2, 0.25) is 0 Å². The first-order chi connectivity index (χ1) is 20.2. The van der Waals surface area contributed by atoms with Crippen molar-refractivity contribution in [1.82, 2.24) is 9.80 Å². The highest BCUT2D eigenvalue weighted by molar-refractivity contribution is 5.98. The van der Waals surface area contributed by atoms with Crippen LogP contribution in [0.4, 0.5) is 11.4 Å². The molecule has 5 rings (SSSR count). The van der Waals surface area contributed by atoms with E-state index in [1.807, 2.05) is 35.2 Å². The van der Waals surface area contributed by atoms with Crippen LogP contribution in [-0.2, 0) is 11.2 Å². The fraction of sp³-hybridized carbons (Fsp3) is 0.457. The quantitative estimate of drug-likeness (QED) is 0.308. The Bertz CT molecular complexity index is 1360. The van der Waals surface area contributed by atoms with Gasteiger partial charge in [-0.25, -0.2) is 0 Å². The Morgan fingerprint density at radius 2 is 1.64 bits per heavy atom. The number of anilines is 2. The third-order valence-corrected chi connectivity index (χ3v) is 9.17. The van der Waals surface area contributed by atoms with E-state index in [4.69, 9.17) is 15.2 Å². The molecule has 1 saturated heterocycles. The van der Waals surface area contributed by atoms with Crippen LogP contribution in [0.5, 0.6) is 11.5 Å². The van der Waals surface area contributed by atoms with Crippen LogP contribution in [0, 0.1) is 0 Å². The molecular weight excluding hydrogens is 524 g/mol. The third kappa shape index (κ3) is 6.13. The van der Waals surface area contributed by atoms with E-state index < -0.39 is 0 Å². The van der Waals surface area contributed by atoms with Crippen LogP contribution < -0.4 is 20.1 Å². The molecule has 3 aromatic rings. The number of amides is 1. The highest BCUT2D eigenvalue weighted by Crippen LogP contribution is 2.44. The first kappa shape index (κ1) is 29.9. The van der Waals surface area contributed by atoms with Crippen LogP contribution in [0.25, 0.3) is 0 Å². The Labute approximate surface area is 251 Å². The number of hydrogen-bond donors (Lipinski definition) is 1. The number of methoxy groups -OCH3 is 1. The first-order valence-corrected chi connectivity index (χ1v) is 15.3. The Morgan fingerprint density at radius 3 is 2.24 bits per heavy atom. The first-order valence-electron chi connectivity index (χ1n) is 15.3. The number of carbonyl (C=O) groups excluding carboxylic acids is 1. The molecule has 2 N–H and O–H groups in total. The SMILES string of the molecule is CCC(C)Oc1cc2c(cc1OC)CC(=O)N(c1ccc(C(C)N3CCC(N(C)C)CC3)cc1)C2c1ccc(N)cc1. The molecule has 3 atom stereocenters. The maximum Gasteiger partial charge on any atom is 0.232 e. The van der Waals surface area contributed by atoms with Gasteiger partial charge in [-0.1, -0.05) is 31.2 Å². The van der Waals surface area contributed by atoms with Crippen molar-refractivity contribution in [3.63, 3.8) is 0 Å². The largest absolute Gasteiger partial charge is 0.493 e. The summed E-state index contributed by atoms with van der Waals surface area (Å²) < 4.78 is 12.0. The van der Waals surface area contributed by atoms with Crippen molar-refractivity contribution in [3.8, 4) is 11.5 Å². The summed E-state index contributed by atoms with van der Waals surface area (Å²) in [6.07, 6.45) is 3.59. The van der Waals surface area contributed by atoms with E-state index >= 15 is 0 Å². The standard InChI is InChI=1S/C35H46N4O3/c1-7-23(2)42-33-22-31-27(20-32(33)41-6)21-34(40)39(35(31)26-8-12-28(36)13-9-26)30-14-10-25(11-15-30)24(3)38-18-16-29(17-19-38)37(4)5/h8-15,20,22-24,29,35H,7,16-19,21,36H2,1-6H3. The summed E-state index contributed by atoms with van der Waals surface area (Å²) in [6.45, 7) is 8.63. The number of hydrogen-bond acceptors (Lipinski definition) is 6. The second-order valence-electron chi connectivity index (χ2n) is 12.0. The van der Waals surface area contributed by atoms with Crippen LogP contribution in [0.15, 0.2) is 60.7 Å². The summed E-state index contributed by atoms with van der Waals surface area (Å²) in [7, 11) is 6.00. The van der Waals surface area contributed by atoms with E-state index in [1.165, 1.54) is 18.4 Å². The zero-order valence-electron chi connectivity index (χ0n) is 26.0. The van der Waals surface area contributed by atoms with Crippen molar-refractivity contribution in [1.29, 1.82) is 0 Å². The molecule has 1 amide bonds. The van der Waals surface area contributed by atoms with Gasteiger partial charge in [-0.15, -0.1) is 0 Å². The molecule has 7 heteroatoms. The molecule has 42 heavy (non-hydrogen) atoms. The number of nitrogens with zero attached hydrogens (tertiary/aromatic N) is 3. The third-order valence-electron chi connectivity index (χ3n) is 9.17. The molecule has 224 valence electrons. The maximum absolute atomic E-state index is 13.9. The molecule has 1 fully saturated rings. The van der Waals surface area contributed by atoms with Crippen LogP contribution >= 0.6 is 0 Å². The lowest BCUT2D eigenvalue weighted by atomic mass is 9.86. The Balaban J connectivity index is 1.49. The predicted octanol–water partition coefficient (Wildman–Crippen LogP) is 6.22. The molecule has 0 radical (unpaired) electrons. The van der Waals surface area contributed by atoms with Gasteiger partial charge in [-0.3, -0.25) is 9.69 Å². The topological polar surface area (TPSA) is 71.3 Å². The van der Waals surface area contributed by atoms with E-state index in [9.17, 15) is 4.79 Å². The minimum absolute atomic E-state index is 0.0384. The van der Waals surface area contributed by atoms with Gasteiger partial charge in [-0.05, 0) is 106 Å². The summed E-state index contributed by atoms with van der Waals surface area (Å²) in [6, 6.07) is 21.1. The number of likely N-dealkylation sites (tertiary alicyclic amines) is 1. The van der Waals surface area contributed by atoms with Crippen LogP contribution in [0.1, 0.15) is 74.4 Å². The fourth-order valence-electron chi connectivity index (χ4n) is 6.32. The smallest absolute Gasteiger partial charge is 0.232 e. The molecule has 0 aliphatic carbocycles. The lowest BCUT2D eigenvalue weighted by Crippen LogP contribution is -2.42. The fourth-order valence-corrected chi connectivity index (χ4v) is 6.32. The zero-order chi connectivity index (χ0) is 30.0. The van der Waals surface area contributed by atoms with Crippen LogP contribution in [0.3, 0.4) is 0 Å². The number of nitrogens with two attached hydrogens (primary N) is 1. The normalized spacial score (nSPS) is 19.5. The van der Waals surface area contributed by atoms with Gasteiger partial charge >= 0.3 is 0 Å². The number of carbonyl (C=O) groups is 1. The Morgan fingerprint density at radius 1 is 0.976 bits per heavy atom. The average molecular weight is 571 g/mol. The molecule has 7 nitrogen and oxygen atoms in total. The van der Waals surface area contributed by atoms with Gasteiger partial charge < -0.3 is 25.0 Å². The van der Waals surface area contributed by atoms with Crippen molar-refractivity contribution < 1.29 is 14.3 Å². The number of rotatable bonds is 9. The second kappa shape index (κ2) is 12.8. The van der Waals surface area contributed by atoms with Crippen molar-refractivity contribution in [2.45, 2.75) is 70.7 Å². The molecule has 2 aliphatic heterocycles. The van der Waals surface area contributed by atoms with E-state index in [0.717, 1.165) is 41.9 Å². The molecule has 0 saturated carbocycles. The van der Waals surface area contributed by atoms with E-state index in [2.05, 4.69) is 75.0 Å².